The van der Waals surface area contributed by atoms with Crippen LogP contribution in [0.5, 0.6) is 5.75 Å². The van der Waals surface area contributed by atoms with E-state index in [0.29, 0.717) is 0 Å². The van der Waals surface area contributed by atoms with Crippen molar-refractivity contribution in [2.24, 2.45) is 0 Å². The van der Waals surface area contributed by atoms with Gasteiger partial charge in [-0.3, -0.25) is 9.17 Å². The molecular formula is C28H27N3O2S. The van der Waals surface area contributed by atoms with Gasteiger partial charge in [0, 0.05) is 30.9 Å². The van der Waals surface area contributed by atoms with E-state index >= 15 is 0 Å². The van der Waals surface area contributed by atoms with Crippen LogP contribution >= 0.6 is 11.5 Å². The Balaban J connectivity index is 1.20. The molecule has 2 aromatic carbocycles. The van der Waals surface area contributed by atoms with Crippen molar-refractivity contribution in [1.29, 1.82) is 0 Å². The Kier molecular flexibility index (Phi) is 5.67. The predicted octanol–water partition coefficient (Wildman–Crippen LogP) is 6.22. The number of benzene rings is 2. The average Bonchev–Trinajstić information content (AvgIpc) is 3.51. The lowest BCUT2D eigenvalue weighted by atomic mass is 9.98. The summed E-state index contributed by atoms with van der Waals surface area (Å²) in [6.45, 7) is 2.22. The second-order valence-corrected chi connectivity index (χ2v) is 9.92. The number of aromatic nitrogens is 2. The smallest absolute Gasteiger partial charge is 0.258 e. The molecule has 4 aromatic rings. The van der Waals surface area contributed by atoms with E-state index in [1.807, 2.05) is 30.5 Å². The summed E-state index contributed by atoms with van der Waals surface area (Å²) in [4.78, 5) is 19.6. The summed E-state index contributed by atoms with van der Waals surface area (Å²) in [5.74, 6) is 1.94. The summed E-state index contributed by atoms with van der Waals surface area (Å²) < 4.78 is 9.14. The van der Waals surface area contributed by atoms with E-state index in [-0.39, 0.29) is 11.7 Å². The second kappa shape index (κ2) is 9.11. The zero-order valence-corrected chi connectivity index (χ0v) is 19.8. The maximum absolute atomic E-state index is 11.4. The van der Waals surface area contributed by atoms with Gasteiger partial charge in [-0.05, 0) is 90.8 Å². The fourth-order valence-corrected chi connectivity index (χ4v) is 5.84. The molecule has 5 nitrogen and oxygen atoms in total. The number of anilines is 1. The van der Waals surface area contributed by atoms with Crippen molar-refractivity contribution in [2.45, 2.75) is 38.2 Å². The van der Waals surface area contributed by atoms with E-state index in [4.69, 9.17) is 9.72 Å². The third-order valence-corrected chi connectivity index (χ3v) is 7.77. The molecule has 1 fully saturated rings. The number of aromatic amines is 1. The van der Waals surface area contributed by atoms with E-state index in [9.17, 15) is 4.79 Å². The molecule has 6 heteroatoms. The number of H-pyrrole nitrogens is 1. The lowest BCUT2D eigenvalue weighted by Gasteiger charge is -2.27. The standard InChI is InChI=1S/C28H27N3O2S/c32-28-17-26(34-30-28)19-7-10-21(11-8-19)33-25-13-12-23-22(5-4-6-24(23)25)20-9-14-27(29-18-20)31-15-2-1-3-16-31/h4-11,14,17-18,25H,1-3,12-13,15-16H2,(H,30,32)/t25-/m1/s1. The molecule has 2 aliphatic rings. The molecule has 1 saturated heterocycles. The molecule has 0 saturated carbocycles. The summed E-state index contributed by atoms with van der Waals surface area (Å²) in [5, 5.41) is 0. The van der Waals surface area contributed by atoms with Crippen LogP contribution in [0.15, 0.2) is 71.7 Å². The van der Waals surface area contributed by atoms with Gasteiger partial charge in [0.05, 0.1) is 4.88 Å². The maximum atomic E-state index is 11.4. The van der Waals surface area contributed by atoms with Crippen molar-refractivity contribution in [2.75, 3.05) is 18.0 Å². The van der Waals surface area contributed by atoms with Gasteiger partial charge in [0.15, 0.2) is 0 Å². The van der Waals surface area contributed by atoms with Gasteiger partial charge in [0.25, 0.3) is 5.56 Å². The number of pyridine rings is 1. The van der Waals surface area contributed by atoms with Crippen molar-refractivity contribution in [1.82, 2.24) is 9.36 Å². The number of piperidine rings is 1. The van der Waals surface area contributed by atoms with Crippen LogP contribution in [0.3, 0.4) is 0 Å². The van der Waals surface area contributed by atoms with Crippen molar-refractivity contribution >= 4 is 17.4 Å². The topological polar surface area (TPSA) is 58.2 Å². The van der Waals surface area contributed by atoms with Crippen molar-refractivity contribution in [3.63, 3.8) is 0 Å². The summed E-state index contributed by atoms with van der Waals surface area (Å²) in [7, 11) is 0. The Bertz CT molecular complexity index is 1340. The van der Waals surface area contributed by atoms with Crippen LogP contribution < -0.4 is 15.2 Å². The first-order chi connectivity index (χ1) is 16.7. The SMILES string of the molecule is O=c1cc(-c2ccc(O[C@@H]3CCc4c(-c5ccc(N6CCCCC6)nc5)cccc43)cc2)s[nH]1. The lowest BCUT2D eigenvalue weighted by molar-refractivity contribution is 0.207. The molecule has 2 aromatic heterocycles. The Morgan fingerprint density at radius 2 is 1.79 bits per heavy atom. The highest BCUT2D eigenvalue weighted by atomic mass is 32.1. The van der Waals surface area contributed by atoms with Crippen LogP contribution in [0.1, 0.15) is 42.9 Å². The molecule has 0 bridgehead atoms. The monoisotopic (exact) mass is 469 g/mol. The number of hydrogen-bond acceptors (Lipinski definition) is 5. The van der Waals surface area contributed by atoms with Crippen molar-refractivity contribution in [3.8, 4) is 27.3 Å². The molecule has 172 valence electrons. The summed E-state index contributed by atoms with van der Waals surface area (Å²) in [6, 6.07) is 20.5. The Morgan fingerprint density at radius 1 is 0.971 bits per heavy atom. The molecular weight excluding hydrogens is 442 g/mol. The van der Waals surface area contributed by atoms with Gasteiger partial charge in [-0.15, -0.1) is 0 Å². The minimum absolute atomic E-state index is 0.0460. The molecule has 0 radical (unpaired) electrons. The van der Waals surface area contributed by atoms with Crippen LogP contribution in [0.25, 0.3) is 21.6 Å². The fourth-order valence-electron chi connectivity index (χ4n) is 5.15. The molecule has 0 amide bonds. The van der Waals surface area contributed by atoms with Crippen molar-refractivity contribution in [3.05, 3.63) is 88.3 Å². The quantitative estimate of drug-likeness (QED) is 0.377. The van der Waals surface area contributed by atoms with Crippen LogP contribution in [-0.4, -0.2) is 22.4 Å². The summed E-state index contributed by atoms with van der Waals surface area (Å²) in [6.07, 6.45) is 7.88. The van der Waals surface area contributed by atoms with E-state index < -0.39 is 0 Å². The van der Waals surface area contributed by atoms with Gasteiger partial charge in [-0.25, -0.2) is 4.98 Å². The van der Waals surface area contributed by atoms with E-state index in [0.717, 1.165) is 47.9 Å². The zero-order valence-electron chi connectivity index (χ0n) is 19.0. The third-order valence-electron chi connectivity index (χ3n) is 6.90. The molecule has 6 rings (SSSR count). The summed E-state index contributed by atoms with van der Waals surface area (Å²) in [5.41, 5.74) is 6.03. The number of rotatable bonds is 5. The highest BCUT2D eigenvalue weighted by Crippen LogP contribution is 2.40. The Hall–Kier alpha value is -3.38. The molecule has 1 aliphatic carbocycles. The number of nitrogens with zero attached hydrogens (tertiary/aromatic N) is 2. The van der Waals surface area contributed by atoms with Crippen LogP contribution in [0, 0.1) is 0 Å². The predicted molar refractivity (Wildman–Crippen MR) is 138 cm³/mol. The molecule has 0 unspecified atom stereocenters. The number of hydrogen-bond donors (Lipinski definition) is 1. The Morgan fingerprint density at radius 3 is 2.53 bits per heavy atom. The van der Waals surface area contributed by atoms with Gasteiger partial charge in [-0.2, -0.15) is 0 Å². The lowest BCUT2D eigenvalue weighted by Crippen LogP contribution is -2.29. The highest BCUT2D eigenvalue weighted by Gasteiger charge is 2.26. The van der Waals surface area contributed by atoms with E-state index in [1.165, 1.54) is 53.0 Å². The molecule has 34 heavy (non-hydrogen) atoms. The van der Waals surface area contributed by atoms with Crippen LogP contribution in [-0.2, 0) is 6.42 Å². The minimum atomic E-state index is -0.0602. The first-order valence-corrected chi connectivity index (χ1v) is 12.8. The minimum Gasteiger partial charge on any atom is -0.486 e. The van der Waals surface area contributed by atoms with Gasteiger partial charge in [0.1, 0.15) is 17.7 Å². The maximum Gasteiger partial charge on any atom is 0.258 e. The fraction of sp³-hybridized carbons (Fsp3) is 0.286. The van der Waals surface area contributed by atoms with Gasteiger partial charge in [-0.1, -0.05) is 29.7 Å². The van der Waals surface area contributed by atoms with Gasteiger partial charge >= 0.3 is 0 Å². The van der Waals surface area contributed by atoms with E-state index in [2.05, 4.69) is 39.6 Å². The molecule has 1 aliphatic heterocycles. The largest absolute Gasteiger partial charge is 0.486 e. The second-order valence-electron chi connectivity index (χ2n) is 9.07. The van der Waals surface area contributed by atoms with Crippen molar-refractivity contribution < 1.29 is 4.74 Å². The van der Waals surface area contributed by atoms with Gasteiger partial charge in [0.2, 0.25) is 0 Å². The van der Waals surface area contributed by atoms with E-state index in [1.54, 1.807) is 6.07 Å². The normalized spacial score (nSPS) is 17.5. The number of nitrogens with one attached hydrogen (secondary N) is 1. The highest BCUT2D eigenvalue weighted by molar-refractivity contribution is 7.09. The third kappa shape index (κ3) is 4.14. The summed E-state index contributed by atoms with van der Waals surface area (Å²) >= 11 is 1.35. The molecule has 1 atom stereocenters. The number of fused-ring (bicyclic) bond motifs is 1. The Labute approximate surface area is 203 Å². The first kappa shape index (κ1) is 21.2. The van der Waals surface area contributed by atoms with Crippen LogP contribution in [0.4, 0.5) is 5.82 Å². The zero-order chi connectivity index (χ0) is 22.9. The molecule has 0 spiro atoms. The van der Waals surface area contributed by atoms with Crippen LogP contribution in [0.2, 0.25) is 0 Å². The first-order valence-electron chi connectivity index (χ1n) is 12.0. The average molecular weight is 470 g/mol. The molecule has 1 N–H and O–H groups in total. The number of ether oxygens (including phenoxy) is 1. The van der Waals surface area contributed by atoms with Gasteiger partial charge < -0.3 is 9.64 Å². The molecule has 3 heterocycles.